The van der Waals surface area contributed by atoms with Crippen LogP contribution in [0.25, 0.3) is 0 Å². The number of methoxy groups -OCH3 is 1. The number of piperidine rings is 1. The Morgan fingerprint density at radius 3 is 2.76 bits per heavy atom. The number of phenols is 1. The van der Waals surface area contributed by atoms with E-state index < -0.39 is 0 Å². The summed E-state index contributed by atoms with van der Waals surface area (Å²) in [5.41, 5.74) is 0.929. The van der Waals surface area contributed by atoms with Gasteiger partial charge in [0.1, 0.15) is 0 Å². The van der Waals surface area contributed by atoms with Crippen LogP contribution in [0.2, 0.25) is 5.02 Å². The van der Waals surface area contributed by atoms with Gasteiger partial charge in [0, 0.05) is 0 Å². The molecule has 3 nitrogen and oxygen atoms in total. The molecule has 0 bridgehead atoms. The number of aromatic hydroxyl groups is 1. The van der Waals surface area contributed by atoms with Crippen molar-refractivity contribution < 1.29 is 9.84 Å². The van der Waals surface area contributed by atoms with Crippen LogP contribution in [-0.2, 0) is 6.42 Å². The Bertz CT molecular complexity index is 389. The SMILES string of the molecule is COc1c(Cl)ccc(CC2CCNCC2)c1O. The Kier molecular flexibility index (Phi) is 4.13. The molecule has 1 heterocycles. The van der Waals surface area contributed by atoms with Crippen LogP contribution in [0.1, 0.15) is 18.4 Å². The average Bonchev–Trinajstić information content (AvgIpc) is 2.35. The zero-order chi connectivity index (χ0) is 12.3. The molecule has 1 aliphatic heterocycles. The second kappa shape index (κ2) is 5.61. The minimum Gasteiger partial charge on any atom is -0.504 e. The van der Waals surface area contributed by atoms with Gasteiger partial charge in [-0.05, 0) is 49.9 Å². The minimum atomic E-state index is 0.193. The number of nitrogens with one attached hydrogen (secondary N) is 1. The van der Waals surface area contributed by atoms with Crippen molar-refractivity contribution in [3.8, 4) is 11.5 Å². The molecular formula is C13H18ClNO2. The second-order valence-corrected chi connectivity index (χ2v) is 4.89. The van der Waals surface area contributed by atoms with Gasteiger partial charge in [0.2, 0.25) is 0 Å². The Morgan fingerprint density at radius 1 is 1.41 bits per heavy atom. The smallest absolute Gasteiger partial charge is 0.179 e. The molecule has 94 valence electrons. The zero-order valence-electron chi connectivity index (χ0n) is 10.0. The summed E-state index contributed by atoms with van der Waals surface area (Å²) >= 11 is 5.95. The maximum absolute atomic E-state index is 10.1. The van der Waals surface area contributed by atoms with E-state index in [9.17, 15) is 5.11 Å². The second-order valence-electron chi connectivity index (χ2n) is 4.49. The van der Waals surface area contributed by atoms with Crippen LogP contribution in [0.3, 0.4) is 0 Å². The van der Waals surface area contributed by atoms with E-state index in [4.69, 9.17) is 16.3 Å². The molecule has 0 atom stereocenters. The molecule has 1 fully saturated rings. The van der Waals surface area contributed by atoms with Crippen LogP contribution >= 0.6 is 11.6 Å². The molecule has 1 aromatic carbocycles. The van der Waals surface area contributed by atoms with Gasteiger partial charge >= 0.3 is 0 Å². The number of hydrogen-bond acceptors (Lipinski definition) is 3. The third kappa shape index (κ3) is 2.85. The number of phenolic OH excluding ortho intramolecular Hbond substituents is 1. The van der Waals surface area contributed by atoms with E-state index in [1.165, 1.54) is 7.11 Å². The lowest BCUT2D eigenvalue weighted by Gasteiger charge is -2.23. The van der Waals surface area contributed by atoms with Gasteiger partial charge in [-0.2, -0.15) is 0 Å². The highest BCUT2D eigenvalue weighted by Gasteiger charge is 2.18. The highest BCUT2D eigenvalue weighted by atomic mass is 35.5. The van der Waals surface area contributed by atoms with Gasteiger partial charge in [0.05, 0.1) is 12.1 Å². The third-order valence-corrected chi connectivity index (χ3v) is 3.64. The van der Waals surface area contributed by atoms with E-state index in [0.717, 1.165) is 37.9 Å². The molecule has 0 amide bonds. The Balaban J connectivity index is 2.15. The lowest BCUT2D eigenvalue weighted by Crippen LogP contribution is -2.28. The molecule has 0 unspecified atom stereocenters. The van der Waals surface area contributed by atoms with E-state index in [-0.39, 0.29) is 5.75 Å². The predicted octanol–water partition coefficient (Wildman–Crippen LogP) is 2.60. The fourth-order valence-corrected chi connectivity index (χ4v) is 2.57. The van der Waals surface area contributed by atoms with Gasteiger partial charge in [-0.1, -0.05) is 17.7 Å². The van der Waals surface area contributed by atoms with Gasteiger partial charge in [0.15, 0.2) is 11.5 Å². The molecule has 17 heavy (non-hydrogen) atoms. The topological polar surface area (TPSA) is 41.5 Å². The van der Waals surface area contributed by atoms with Crippen molar-refractivity contribution in [1.82, 2.24) is 5.32 Å². The largest absolute Gasteiger partial charge is 0.504 e. The zero-order valence-corrected chi connectivity index (χ0v) is 10.8. The van der Waals surface area contributed by atoms with Crippen LogP contribution in [-0.4, -0.2) is 25.3 Å². The van der Waals surface area contributed by atoms with Crippen LogP contribution in [0, 0.1) is 5.92 Å². The van der Waals surface area contributed by atoms with Gasteiger partial charge in [-0.25, -0.2) is 0 Å². The van der Waals surface area contributed by atoms with Crippen molar-refractivity contribution in [2.45, 2.75) is 19.3 Å². The fraction of sp³-hybridized carbons (Fsp3) is 0.538. The standard InChI is InChI=1S/C13H18ClNO2/c1-17-13-11(14)3-2-10(12(13)16)8-9-4-6-15-7-5-9/h2-3,9,15-16H,4-8H2,1H3. The minimum absolute atomic E-state index is 0.193. The summed E-state index contributed by atoms with van der Waals surface area (Å²) in [5.74, 6) is 1.21. The highest BCUT2D eigenvalue weighted by molar-refractivity contribution is 6.32. The van der Waals surface area contributed by atoms with E-state index in [1.54, 1.807) is 6.07 Å². The Hall–Kier alpha value is -0.930. The number of rotatable bonds is 3. The number of benzene rings is 1. The number of ether oxygens (including phenoxy) is 1. The van der Waals surface area contributed by atoms with Gasteiger partial charge < -0.3 is 15.2 Å². The first-order valence-electron chi connectivity index (χ1n) is 5.97. The summed E-state index contributed by atoms with van der Waals surface area (Å²) in [6.45, 7) is 2.13. The van der Waals surface area contributed by atoms with E-state index in [1.807, 2.05) is 6.07 Å². The fourth-order valence-electron chi connectivity index (χ4n) is 2.34. The van der Waals surface area contributed by atoms with Gasteiger partial charge in [0.25, 0.3) is 0 Å². The summed E-state index contributed by atoms with van der Waals surface area (Å²) in [6, 6.07) is 3.68. The predicted molar refractivity (Wildman–Crippen MR) is 69.0 cm³/mol. The van der Waals surface area contributed by atoms with Crippen molar-refractivity contribution in [3.05, 3.63) is 22.7 Å². The lowest BCUT2D eigenvalue weighted by molar-refractivity contribution is 0.352. The normalized spacial score (nSPS) is 17.1. The van der Waals surface area contributed by atoms with Crippen molar-refractivity contribution >= 4 is 11.6 Å². The van der Waals surface area contributed by atoms with E-state index in [0.29, 0.717) is 16.7 Å². The monoisotopic (exact) mass is 255 g/mol. The van der Waals surface area contributed by atoms with Crippen LogP contribution in [0.4, 0.5) is 0 Å². The molecule has 0 spiro atoms. The third-order valence-electron chi connectivity index (χ3n) is 3.34. The first-order chi connectivity index (χ1) is 8.22. The molecule has 1 aromatic rings. The summed E-state index contributed by atoms with van der Waals surface area (Å²) in [6.07, 6.45) is 3.20. The van der Waals surface area contributed by atoms with Crippen molar-refractivity contribution in [3.63, 3.8) is 0 Å². The molecule has 2 rings (SSSR count). The molecule has 1 saturated heterocycles. The van der Waals surface area contributed by atoms with Crippen molar-refractivity contribution in [2.75, 3.05) is 20.2 Å². The molecule has 0 aromatic heterocycles. The Morgan fingerprint density at radius 2 is 2.12 bits per heavy atom. The first kappa shape index (κ1) is 12.5. The van der Waals surface area contributed by atoms with E-state index in [2.05, 4.69) is 5.32 Å². The molecular weight excluding hydrogens is 238 g/mol. The molecule has 2 N–H and O–H groups in total. The number of hydrogen-bond donors (Lipinski definition) is 2. The van der Waals surface area contributed by atoms with Crippen LogP contribution in [0.15, 0.2) is 12.1 Å². The van der Waals surface area contributed by atoms with Crippen molar-refractivity contribution in [2.24, 2.45) is 5.92 Å². The first-order valence-corrected chi connectivity index (χ1v) is 6.35. The lowest BCUT2D eigenvalue weighted by atomic mass is 9.90. The maximum Gasteiger partial charge on any atom is 0.179 e. The molecule has 0 radical (unpaired) electrons. The Labute approximate surface area is 107 Å². The molecule has 1 aliphatic rings. The summed E-state index contributed by atoms with van der Waals surface area (Å²) in [7, 11) is 1.52. The molecule has 0 aliphatic carbocycles. The van der Waals surface area contributed by atoms with Gasteiger partial charge in [-0.15, -0.1) is 0 Å². The quantitative estimate of drug-likeness (QED) is 0.872. The van der Waals surface area contributed by atoms with Crippen molar-refractivity contribution in [1.29, 1.82) is 0 Å². The van der Waals surface area contributed by atoms with Gasteiger partial charge in [-0.3, -0.25) is 0 Å². The highest BCUT2D eigenvalue weighted by Crippen LogP contribution is 2.38. The summed E-state index contributed by atoms with van der Waals surface area (Å²) < 4.78 is 5.11. The maximum atomic E-state index is 10.1. The van der Waals surface area contributed by atoms with Crippen LogP contribution < -0.4 is 10.1 Å². The van der Waals surface area contributed by atoms with E-state index >= 15 is 0 Å². The number of halogens is 1. The summed E-state index contributed by atoms with van der Waals surface area (Å²) in [5, 5.41) is 13.9. The average molecular weight is 256 g/mol. The molecule has 4 heteroatoms. The summed E-state index contributed by atoms with van der Waals surface area (Å²) in [4.78, 5) is 0. The van der Waals surface area contributed by atoms with Crippen LogP contribution in [0.5, 0.6) is 11.5 Å². The molecule has 0 saturated carbocycles.